The van der Waals surface area contributed by atoms with Crippen molar-refractivity contribution >= 4 is 11.9 Å². The predicted octanol–water partition coefficient (Wildman–Crippen LogP) is 1.40. The van der Waals surface area contributed by atoms with E-state index in [4.69, 9.17) is 0 Å². The molecule has 0 saturated carbocycles. The lowest BCUT2D eigenvalue weighted by molar-refractivity contribution is 0.0589. The number of hydrogen-bond donors (Lipinski definition) is 0. The molecule has 0 bridgehead atoms. The Hall–Kier alpha value is -2.04. The number of carbonyl (C=O) groups excluding carboxylic acids is 2. The Morgan fingerprint density at radius 1 is 1.00 bits per heavy atom. The molecule has 0 fully saturated rings. The number of hydrogen-bond acceptors (Lipinski definition) is 4. The van der Waals surface area contributed by atoms with Crippen molar-refractivity contribution in [1.29, 1.82) is 0 Å². The van der Waals surface area contributed by atoms with Gasteiger partial charge in [-0.25, -0.2) is 9.59 Å². The van der Waals surface area contributed by atoms with Crippen molar-refractivity contribution in [2.45, 2.75) is 0 Å². The Labute approximate surface area is 86.2 Å². The van der Waals surface area contributed by atoms with E-state index in [1.54, 1.807) is 0 Å². The van der Waals surface area contributed by atoms with E-state index in [2.05, 4.69) is 9.47 Å². The van der Waals surface area contributed by atoms with E-state index in [9.17, 15) is 14.7 Å². The smallest absolute Gasteiger partial charge is 0.341 e. The third-order valence-electron chi connectivity index (χ3n) is 1.83. The Balaban J connectivity index is 3.23. The van der Waals surface area contributed by atoms with E-state index in [-0.39, 0.29) is 11.1 Å². The summed E-state index contributed by atoms with van der Waals surface area (Å²) in [6.07, 6.45) is 0. The second-order valence-electron chi connectivity index (χ2n) is 2.67. The number of carbonyl (C=O) groups is 2. The molecule has 0 atom stereocenters. The summed E-state index contributed by atoms with van der Waals surface area (Å²) in [5, 5.41) is 11.6. The fourth-order valence-corrected chi connectivity index (χ4v) is 1.08. The van der Waals surface area contributed by atoms with Crippen molar-refractivity contribution in [3.8, 4) is 5.75 Å². The molecule has 5 heteroatoms. The minimum Gasteiger partial charge on any atom is -0.465 e. The largest absolute Gasteiger partial charge is 0.465 e. The summed E-state index contributed by atoms with van der Waals surface area (Å²) < 4.78 is 8.79. The van der Waals surface area contributed by atoms with Crippen LogP contribution in [-0.2, 0) is 14.6 Å². The molecule has 1 rings (SSSR count). The van der Waals surface area contributed by atoms with E-state index in [0.29, 0.717) is 0 Å². The summed E-state index contributed by atoms with van der Waals surface area (Å²) >= 11 is 0. The highest BCUT2D eigenvalue weighted by atomic mass is 16.5. The maximum atomic E-state index is 11.6. The van der Waals surface area contributed by atoms with Gasteiger partial charge in [-0.1, -0.05) is 6.07 Å². The molecule has 0 amide bonds. The lowest BCUT2D eigenvalue weighted by Gasteiger charge is -2.04. The van der Waals surface area contributed by atoms with Crippen LogP contribution in [0.5, 0.6) is 5.75 Å². The van der Waals surface area contributed by atoms with Crippen molar-refractivity contribution in [2.75, 3.05) is 14.2 Å². The first-order valence-electron chi connectivity index (χ1n) is 4.08. The third-order valence-corrected chi connectivity index (χ3v) is 1.83. The van der Waals surface area contributed by atoms with Crippen LogP contribution >= 0.6 is 0 Å². The highest BCUT2D eigenvalue weighted by molar-refractivity contribution is 5.99. The Kier molecular flexibility index (Phi) is 3.28. The van der Waals surface area contributed by atoms with Crippen molar-refractivity contribution < 1.29 is 24.2 Å². The van der Waals surface area contributed by atoms with Gasteiger partial charge in [-0.15, -0.1) is 0 Å². The summed E-state index contributed by atoms with van der Waals surface area (Å²) in [5.41, 5.74) is -0.360. The summed E-state index contributed by atoms with van der Waals surface area (Å²) in [6, 6.07) is 4.00. The summed E-state index contributed by atoms with van der Waals surface area (Å²) in [5.74, 6) is -2.23. The molecule has 1 aromatic rings. The summed E-state index contributed by atoms with van der Waals surface area (Å²) in [7, 11) is 2.32. The number of rotatable bonds is 2. The lowest BCUT2D eigenvalue weighted by atomic mass is 10.1. The summed E-state index contributed by atoms with van der Waals surface area (Å²) in [6.45, 7) is 0. The molecule has 0 saturated heterocycles. The average Bonchev–Trinajstić information content (AvgIpc) is 2.27. The Bertz CT molecular complexity index is 363. The van der Waals surface area contributed by atoms with Gasteiger partial charge < -0.3 is 9.47 Å². The molecule has 1 aromatic carbocycles. The second-order valence-corrected chi connectivity index (χ2v) is 2.67. The molecule has 5 nitrogen and oxygen atoms in total. The van der Waals surface area contributed by atoms with Crippen molar-refractivity contribution in [2.24, 2.45) is 0 Å². The van der Waals surface area contributed by atoms with Gasteiger partial charge in [0, 0.05) is 0 Å². The molecule has 0 aliphatic rings. The van der Waals surface area contributed by atoms with Crippen LogP contribution in [0, 0.1) is 0 Å². The predicted molar refractivity (Wildman–Crippen MR) is 49.3 cm³/mol. The zero-order chi connectivity index (χ0) is 11.4. The fraction of sp³-hybridized carbons (Fsp3) is 0.200. The number of ether oxygens (including phenoxy) is 2. The van der Waals surface area contributed by atoms with Crippen molar-refractivity contribution in [3.05, 3.63) is 29.3 Å². The number of methoxy groups -OCH3 is 2. The van der Waals surface area contributed by atoms with Crippen LogP contribution in [0.4, 0.5) is 0 Å². The monoisotopic (exact) mass is 209 g/mol. The molecule has 0 aliphatic heterocycles. The molecule has 0 aromatic heterocycles. The van der Waals surface area contributed by atoms with E-state index >= 15 is 0 Å². The van der Waals surface area contributed by atoms with Gasteiger partial charge in [0.2, 0.25) is 5.75 Å². The van der Waals surface area contributed by atoms with Crippen LogP contribution in [0.3, 0.4) is 0 Å². The molecule has 1 radical (unpaired) electrons. The maximum absolute atomic E-state index is 11.6. The number of benzene rings is 1. The second kappa shape index (κ2) is 4.45. The first-order chi connectivity index (χ1) is 7.11. The van der Waals surface area contributed by atoms with Crippen molar-refractivity contribution in [1.82, 2.24) is 0 Å². The zero-order valence-electron chi connectivity index (χ0n) is 8.27. The van der Waals surface area contributed by atoms with Gasteiger partial charge in [0.25, 0.3) is 0 Å². The highest BCUT2D eigenvalue weighted by Crippen LogP contribution is 2.24. The minimum absolute atomic E-state index is 0.180. The van der Waals surface area contributed by atoms with Gasteiger partial charge in [0.15, 0.2) is 0 Å². The van der Waals surface area contributed by atoms with E-state index in [1.807, 2.05) is 0 Å². The zero-order valence-corrected chi connectivity index (χ0v) is 8.27. The van der Waals surface area contributed by atoms with Gasteiger partial charge in [-0.05, 0) is 12.1 Å². The molecule has 0 heterocycles. The number of para-hydroxylation sites is 1. The minimum atomic E-state index is -0.772. The molecular weight excluding hydrogens is 200 g/mol. The molecule has 0 spiro atoms. The van der Waals surface area contributed by atoms with Crippen LogP contribution in [0.25, 0.3) is 0 Å². The summed E-state index contributed by atoms with van der Waals surface area (Å²) in [4.78, 5) is 22.2. The standard InChI is InChI=1S/C10H9O5/c1-14-9(12)6-4-3-5-7(8(6)11)10(13)15-2/h3-5H,1-2H3. The molecule has 0 N–H and O–H groups in total. The topological polar surface area (TPSA) is 72.5 Å². The molecular formula is C10H9O5. The van der Waals surface area contributed by atoms with Crippen LogP contribution in [0.1, 0.15) is 20.7 Å². The lowest BCUT2D eigenvalue weighted by Crippen LogP contribution is -2.06. The van der Waals surface area contributed by atoms with Gasteiger partial charge in [0.05, 0.1) is 14.2 Å². The SMILES string of the molecule is COC(=O)c1cccc(C(=O)OC)c1[O]. The van der Waals surface area contributed by atoms with Crippen molar-refractivity contribution in [3.63, 3.8) is 0 Å². The third kappa shape index (κ3) is 2.07. The van der Waals surface area contributed by atoms with E-state index in [1.165, 1.54) is 18.2 Å². The highest BCUT2D eigenvalue weighted by Gasteiger charge is 2.20. The number of esters is 2. The molecule has 0 aliphatic carbocycles. The Morgan fingerprint density at radius 3 is 1.73 bits per heavy atom. The maximum Gasteiger partial charge on any atom is 0.341 e. The van der Waals surface area contributed by atoms with Gasteiger partial charge in [-0.2, -0.15) is 0 Å². The Morgan fingerprint density at radius 2 is 1.40 bits per heavy atom. The van der Waals surface area contributed by atoms with Crippen LogP contribution in [0.2, 0.25) is 0 Å². The van der Waals surface area contributed by atoms with Gasteiger partial charge in [0.1, 0.15) is 11.1 Å². The molecule has 0 unspecified atom stereocenters. The van der Waals surface area contributed by atoms with Gasteiger partial charge >= 0.3 is 11.9 Å². The van der Waals surface area contributed by atoms with Crippen LogP contribution < -0.4 is 0 Å². The van der Waals surface area contributed by atoms with E-state index in [0.717, 1.165) is 14.2 Å². The van der Waals surface area contributed by atoms with Gasteiger partial charge in [-0.3, -0.25) is 5.11 Å². The van der Waals surface area contributed by atoms with E-state index < -0.39 is 17.7 Å². The first kappa shape index (κ1) is 11.0. The molecule has 79 valence electrons. The first-order valence-corrected chi connectivity index (χ1v) is 4.08. The molecule has 15 heavy (non-hydrogen) atoms. The van der Waals surface area contributed by atoms with Crippen LogP contribution in [-0.4, -0.2) is 26.2 Å². The van der Waals surface area contributed by atoms with Crippen LogP contribution in [0.15, 0.2) is 18.2 Å². The quantitative estimate of drug-likeness (QED) is 0.690. The average molecular weight is 209 g/mol. The fourth-order valence-electron chi connectivity index (χ4n) is 1.08. The normalized spacial score (nSPS) is 9.47.